The number of nitro benzene ring substituents is 1. The Balaban J connectivity index is 1.90. The van der Waals surface area contributed by atoms with Crippen LogP contribution in [0.5, 0.6) is 0 Å². The monoisotopic (exact) mass is 234 g/mol. The van der Waals surface area contributed by atoms with Gasteiger partial charge in [-0.2, -0.15) is 0 Å². The third-order valence-corrected chi connectivity index (χ3v) is 2.50. The van der Waals surface area contributed by atoms with Crippen LogP contribution in [0.2, 0.25) is 0 Å². The highest BCUT2D eigenvalue weighted by Gasteiger charge is 2.05. The predicted molar refractivity (Wildman–Crippen MR) is 64.9 cm³/mol. The number of guanidine groups is 1. The molecule has 0 spiro atoms. The third kappa shape index (κ3) is 3.17. The largest absolute Gasteiger partial charge is 0.356 e. The molecule has 1 aliphatic rings. The molecule has 1 heterocycles. The normalized spacial score (nSPS) is 14.7. The summed E-state index contributed by atoms with van der Waals surface area (Å²) in [4.78, 5) is 14.4. The molecule has 0 radical (unpaired) electrons. The molecule has 17 heavy (non-hydrogen) atoms. The van der Waals surface area contributed by atoms with E-state index < -0.39 is 4.92 Å². The lowest BCUT2D eigenvalue weighted by Crippen LogP contribution is -2.40. The summed E-state index contributed by atoms with van der Waals surface area (Å²) in [5.41, 5.74) is 1.10. The number of nitro groups is 1. The van der Waals surface area contributed by atoms with Crippen LogP contribution < -0.4 is 10.6 Å². The minimum absolute atomic E-state index is 0.113. The van der Waals surface area contributed by atoms with E-state index in [4.69, 9.17) is 0 Å². The molecule has 0 fully saturated rings. The van der Waals surface area contributed by atoms with E-state index in [1.54, 1.807) is 12.1 Å². The number of non-ortho nitro benzene ring substituents is 1. The zero-order valence-corrected chi connectivity index (χ0v) is 9.35. The van der Waals surface area contributed by atoms with Crippen LogP contribution in [0.25, 0.3) is 0 Å². The Morgan fingerprint density at radius 2 is 2.18 bits per heavy atom. The lowest BCUT2D eigenvalue weighted by atomic mass is 10.2. The number of nitrogens with one attached hydrogen (secondary N) is 2. The maximum atomic E-state index is 10.5. The van der Waals surface area contributed by atoms with Crippen molar-refractivity contribution >= 4 is 11.6 Å². The van der Waals surface area contributed by atoms with Crippen molar-refractivity contribution in [2.24, 2.45) is 4.99 Å². The standard InChI is InChI=1S/C11H14N4O2/c16-15(17)10-4-2-9(3-5-10)8-14-11-12-6-1-7-13-11/h2-5H,1,6-8H2,(H2,12,13,14). The Morgan fingerprint density at radius 3 is 2.76 bits per heavy atom. The van der Waals surface area contributed by atoms with Crippen molar-refractivity contribution in [3.8, 4) is 0 Å². The van der Waals surface area contributed by atoms with Crippen molar-refractivity contribution in [1.29, 1.82) is 0 Å². The van der Waals surface area contributed by atoms with Crippen LogP contribution in [0.3, 0.4) is 0 Å². The van der Waals surface area contributed by atoms with Gasteiger partial charge in [0.05, 0.1) is 4.92 Å². The second-order valence-electron chi connectivity index (χ2n) is 3.79. The Hall–Kier alpha value is -2.11. The highest BCUT2D eigenvalue weighted by Crippen LogP contribution is 2.11. The average Bonchev–Trinajstić information content (AvgIpc) is 2.38. The Kier molecular flexibility index (Phi) is 3.54. The molecule has 0 unspecified atom stereocenters. The van der Waals surface area contributed by atoms with Crippen LogP contribution >= 0.6 is 0 Å². The van der Waals surface area contributed by atoms with E-state index in [0.29, 0.717) is 6.54 Å². The van der Waals surface area contributed by atoms with E-state index >= 15 is 0 Å². The highest BCUT2D eigenvalue weighted by atomic mass is 16.6. The van der Waals surface area contributed by atoms with Crippen LogP contribution in [0.15, 0.2) is 29.3 Å². The molecule has 2 rings (SSSR count). The van der Waals surface area contributed by atoms with E-state index in [-0.39, 0.29) is 5.69 Å². The molecule has 0 aromatic heterocycles. The summed E-state index contributed by atoms with van der Waals surface area (Å²) in [6.45, 7) is 2.39. The van der Waals surface area contributed by atoms with Gasteiger partial charge in [0.15, 0.2) is 5.96 Å². The molecule has 6 nitrogen and oxygen atoms in total. The van der Waals surface area contributed by atoms with Gasteiger partial charge in [0, 0.05) is 31.8 Å². The first kappa shape index (κ1) is 11.4. The van der Waals surface area contributed by atoms with Crippen LogP contribution in [0, 0.1) is 10.1 Å². The summed E-state index contributed by atoms with van der Waals surface area (Å²) < 4.78 is 0. The van der Waals surface area contributed by atoms with Gasteiger partial charge < -0.3 is 10.6 Å². The molecule has 2 N–H and O–H groups in total. The number of hydrogen-bond acceptors (Lipinski definition) is 5. The van der Waals surface area contributed by atoms with Gasteiger partial charge in [0.25, 0.3) is 5.69 Å². The van der Waals surface area contributed by atoms with Gasteiger partial charge in [0.2, 0.25) is 0 Å². The number of rotatable bonds is 3. The van der Waals surface area contributed by atoms with Gasteiger partial charge in [-0.05, 0) is 12.0 Å². The van der Waals surface area contributed by atoms with Crippen molar-refractivity contribution < 1.29 is 4.92 Å². The first-order valence-electron chi connectivity index (χ1n) is 5.51. The molecule has 1 aliphatic heterocycles. The second-order valence-corrected chi connectivity index (χ2v) is 3.79. The molecule has 90 valence electrons. The first-order valence-corrected chi connectivity index (χ1v) is 5.51. The highest BCUT2D eigenvalue weighted by molar-refractivity contribution is 5.80. The van der Waals surface area contributed by atoms with Gasteiger partial charge in [0.1, 0.15) is 0 Å². The second kappa shape index (κ2) is 5.29. The van der Waals surface area contributed by atoms with E-state index in [2.05, 4.69) is 15.6 Å². The molecule has 0 saturated carbocycles. The van der Waals surface area contributed by atoms with Crippen LogP contribution in [0.4, 0.5) is 5.69 Å². The van der Waals surface area contributed by atoms with Crippen LogP contribution in [-0.4, -0.2) is 24.0 Å². The van der Waals surface area contributed by atoms with Crippen molar-refractivity contribution in [3.05, 3.63) is 39.9 Å². The summed E-state index contributed by atoms with van der Waals surface area (Å²) in [5.74, 6) is 0.801. The molecule has 0 aliphatic carbocycles. The predicted octanol–water partition coefficient (Wildman–Crippen LogP) is 1.03. The minimum atomic E-state index is -0.399. The molecule has 6 heteroatoms. The molecule has 0 atom stereocenters. The molecule has 0 amide bonds. The number of hydrogen-bond donors (Lipinski definition) is 2. The fourth-order valence-corrected chi connectivity index (χ4v) is 1.57. The molecule has 1 aromatic rings. The van der Waals surface area contributed by atoms with Gasteiger partial charge in [-0.15, -0.1) is 0 Å². The lowest BCUT2D eigenvalue weighted by Gasteiger charge is -2.15. The smallest absolute Gasteiger partial charge is 0.269 e. The van der Waals surface area contributed by atoms with Gasteiger partial charge in [-0.1, -0.05) is 12.1 Å². The summed E-state index contributed by atoms with van der Waals surface area (Å²) in [6.07, 6.45) is 1.06. The fourth-order valence-electron chi connectivity index (χ4n) is 1.57. The molecular weight excluding hydrogens is 220 g/mol. The zero-order valence-electron chi connectivity index (χ0n) is 9.35. The number of benzene rings is 1. The quantitative estimate of drug-likeness (QED) is 0.604. The van der Waals surface area contributed by atoms with Crippen molar-refractivity contribution in [2.75, 3.05) is 13.1 Å². The summed E-state index contributed by atoms with van der Waals surface area (Å²) in [5, 5.41) is 16.8. The van der Waals surface area contributed by atoms with E-state index in [1.165, 1.54) is 12.1 Å². The summed E-state index contributed by atoms with van der Waals surface area (Å²) in [6, 6.07) is 6.50. The number of aliphatic imine (C=N–C) groups is 1. The Morgan fingerprint density at radius 1 is 1.41 bits per heavy atom. The first-order chi connectivity index (χ1) is 8.25. The maximum Gasteiger partial charge on any atom is 0.269 e. The fraction of sp³-hybridized carbons (Fsp3) is 0.364. The number of nitrogens with zero attached hydrogens (tertiary/aromatic N) is 2. The topological polar surface area (TPSA) is 79.6 Å². The summed E-state index contributed by atoms with van der Waals surface area (Å²) >= 11 is 0. The molecule has 1 aromatic carbocycles. The van der Waals surface area contributed by atoms with Crippen molar-refractivity contribution in [2.45, 2.75) is 13.0 Å². The van der Waals surface area contributed by atoms with E-state index in [0.717, 1.165) is 31.0 Å². The average molecular weight is 234 g/mol. The lowest BCUT2D eigenvalue weighted by molar-refractivity contribution is -0.384. The maximum absolute atomic E-state index is 10.5. The Bertz CT molecular complexity index is 428. The molecule has 0 bridgehead atoms. The van der Waals surface area contributed by atoms with Crippen LogP contribution in [0.1, 0.15) is 12.0 Å². The molecular formula is C11H14N4O2. The minimum Gasteiger partial charge on any atom is -0.356 e. The van der Waals surface area contributed by atoms with E-state index in [1.807, 2.05) is 0 Å². The summed E-state index contributed by atoms with van der Waals surface area (Å²) in [7, 11) is 0. The zero-order chi connectivity index (χ0) is 12.1. The van der Waals surface area contributed by atoms with Gasteiger partial charge in [-0.25, -0.2) is 0 Å². The molecule has 0 saturated heterocycles. The van der Waals surface area contributed by atoms with Gasteiger partial charge in [-0.3, -0.25) is 15.1 Å². The SMILES string of the molecule is O=[N+]([O-])c1ccc(CNC2=NCCCN2)cc1. The third-order valence-electron chi connectivity index (χ3n) is 2.50. The van der Waals surface area contributed by atoms with E-state index in [9.17, 15) is 10.1 Å². The van der Waals surface area contributed by atoms with Gasteiger partial charge >= 0.3 is 0 Å². The Labute approximate surface area is 98.9 Å². The van der Waals surface area contributed by atoms with Crippen molar-refractivity contribution in [1.82, 2.24) is 10.6 Å². The van der Waals surface area contributed by atoms with Crippen molar-refractivity contribution in [3.63, 3.8) is 0 Å². The van der Waals surface area contributed by atoms with Crippen LogP contribution in [-0.2, 0) is 6.54 Å².